The second kappa shape index (κ2) is 8.49. The molecule has 0 saturated carbocycles. The van der Waals surface area contributed by atoms with E-state index in [1.165, 1.54) is 0 Å². The molecule has 38 heavy (non-hydrogen) atoms. The summed E-state index contributed by atoms with van der Waals surface area (Å²) in [6, 6.07) is 17.6. The summed E-state index contributed by atoms with van der Waals surface area (Å²) in [5, 5.41) is 13.7. The predicted molar refractivity (Wildman–Crippen MR) is 146 cm³/mol. The molecule has 0 amide bonds. The van der Waals surface area contributed by atoms with Crippen LogP contribution in [0.15, 0.2) is 78.1 Å². The van der Waals surface area contributed by atoms with Crippen LogP contribution in [0.25, 0.3) is 50.3 Å². The van der Waals surface area contributed by atoms with E-state index in [9.17, 15) is 10.1 Å². The molecule has 5 heterocycles. The van der Waals surface area contributed by atoms with Gasteiger partial charge in [0.1, 0.15) is 11.0 Å². The summed E-state index contributed by atoms with van der Waals surface area (Å²) in [5.74, 6) is 0. The van der Waals surface area contributed by atoms with Gasteiger partial charge in [0, 0.05) is 37.6 Å². The minimum atomic E-state index is -0.629. The van der Waals surface area contributed by atoms with E-state index in [-0.39, 0.29) is 5.69 Å². The van der Waals surface area contributed by atoms with Crippen LogP contribution in [-0.2, 0) is 19.5 Å². The number of hydrogen-bond acceptors (Lipinski definition) is 6. The Morgan fingerprint density at radius 2 is 1.63 bits per heavy atom. The zero-order valence-corrected chi connectivity index (χ0v) is 21.4. The summed E-state index contributed by atoms with van der Waals surface area (Å²) in [6.07, 6.45) is 7.19. The summed E-state index contributed by atoms with van der Waals surface area (Å²) in [6.45, 7) is 3.74. The molecule has 186 valence electrons. The summed E-state index contributed by atoms with van der Waals surface area (Å²) in [5.41, 5.74) is 6.75. The Morgan fingerprint density at radius 3 is 2.29 bits per heavy atom. The van der Waals surface area contributed by atoms with Gasteiger partial charge < -0.3 is 0 Å². The second-order valence-electron chi connectivity index (χ2n) is 9.85. The van der Waals surface area contributed by atoms with Crippen LogP contribution < -0.4 is 5.69 Å². The SMILES string of the molecule is Cn1cc(-c2ccc(-c3ccc4ncc5c(c4n3)n(-c3ccc(C(C)(C)C#N)cc3)c(=O)n5C)cn2)cn1. The van der Waals surface area contributed by atoms with Gasteiger partial charge in [-0.1, -0.05) is 12.1 Å². The van der Waals surface area contributed by atoms with Gasteiger partial charge >= 0.3 is 5.69 Å². The Hall–Kier alpha value is -5.10. The number of benzene rings is 1. The number of aryl methyl sites for hydroxylation is 2. The third-order valence-corrected chi connectivity index (χ3v) is 6.92. The first-order valence-corrected chi connectivity index (χ1v) is 12.1. The molecule has 6 rings (SSSR count). The molecule has 0 radical (unpaired) electrons. The van der Waals surface area contributed by atoms with Crippen molar-refractivity contribution in [1.29, 1.82) is 5.26 Å². The van der Waals surface area contributed by atoms with E-state index >= 15 is 0 Å². The molecule has 0 atom stereocenters. The Bertz CT molecular complexity index is 1930. The molecule has 0 saturated heterocycles. The fraction of sp³-hybridized carbons (Fsp3) is 0.172. The number of imidazole rings is 1. The number of hydrogen-bond donors (Lipinski definition) is 0. The van der Waals surface area contributed by atoms with Crippen LogP contribution in [0.5, 0.6) is 0 Å². The first-order chi connectivity index (χ1) is 18.3. The van der Waals surface area contributed by atoms with Crippen LogP contribution in [0.3, 0.4) is 0 Å². The van der Waals surface area contributed by atoms with E-state index in [1.54, 1.807) is 39.5 Å². The van der Waals surface area contributed by atoms with E-state index in [4.69, 9.17) is 4.98 Å². The molecule has 5 aromatic heterocycles. The van der Waals surface area contributed by atoms with Gasteiger partial charge in [0.2, 0.25) is 0 Å². The number of pyridine rings is 3. The molecule has 0 unspecified atom stereocenters. The fourth-order valence-corrected chi connectivity index (χ4v) is 4.62. The number of aromatic nitrogens is 7. The maximum atomic E-state index is 13.4. The molecular formula is C29H24N8O. The van der Waals surface area contributed by atoms with Crippen molar-refractivity contribution in [2.75, 3.05) is 0 Å². The van der Waals surface area contributed by atoms with Crippen molar-refractivity contribution in [2.45, 2.75) is 19.3 Å². The normalized spacial score (nSPS) is 11.8. The van der Waals surface area contributed by atoms with Gasteiger partial charge in [0.05, 0.1) is 52.0 Å². The summed E-state index contributed by atoms with van der Waals surface area (Å²) < 4.78 is 4.97. The molecule has 1 aromatic carbocycles. The van der Waals surface area contributed by atoms with Crippen LogP contribution in [0.1, 0.15) is 19.4 Å². The van der Waals surface area contributed by atoms with Crippen LogP contribution in [-0.4, -0.2) is 33.9 Å². The Labute approximate surface area is 218 Å². The average Bonchev–Trinajstić information content (AvgIpc) is 3.49. The molecule has 0 N–H and O–H groups in total. The Kier molecular flexibility index (Phi) is 5.21. The van der Waals surface area contributed by atoms with E-state index in [1.807, 2.05) is 75.6 Å². The monoisotopic (exact) mass is 500 g/mol. The lowest BCUT2D eigenvalue weighted by atomic mass is 9.86. The number of nitrogens with zero attached hydrogens (tertiary/aromatic N) is 8. The van der Waals surface area contributed by atoms with Crippen molar-refractivity contribution >= 4 is 22.1 Å². The Balaban J connectivity index is 1.51. The number of rotatable bonds is 4. The molecule has 6 aromatic rings. The Morgan fingerprint density at radius 1 is 0.868 bits per heavy atom. The van der Waals surface area contributed by atoms with Crippen molar-refractivity contribution in [3.8, 4) is 34.3 Å². The lowest BCUT2D eigenvalue weighted by Gasteiger charge is -2.16. The molecule has 0 aliphatic carbocycles. The topological polar surface area (TPSA) is 107 Å². The largest absolute Gasteiger partial charge is 0.333 e. The first-order valence-electron chi connectivity index (χ1n) is 12.1. The standard InChI is InChI=1S/C29H24N8O/c1-29(2,17-30)20-6-8-21(9-7-20)37-27-25(36(4)28(37)38)15-32-24-12-11-23(34-26(24)27)18-5-10-22(31-13-18)19-14-33-35(3)16-19/h5-16H,1-4H3. The highest BCUT2D eigenvalue weighted by Gasteiger charge is 2.21. The van der Waals surface area contributed by atoms with Gasteiger partial charge in [-0.3, -0.25) is 23.8 Å². The van der Waals surface area contributed by atoms with Crippen LogP contribution >= 0.6 is 0 Å². The predicted octanol–water partition coefficient (Wildman–Crippen LogP) is 4.54. The van der Waals surface area contributed by atoms with Crippen molar-refractivity contribution in [3.63, 3.8) is 0 Å². The molecule has 0 aliphatic heterocycles. The third-order valence-electron chi connectivity index (χ3n) is 6.92. The summed E-state index contributed by atoms with van der Waals surface area (Å²) in [4.78, 5) is 27.5. The smallest absolute Gasteiger partial charge is 0.293 e. The summed E-state index contributed by atoms with van der Waals surface area (Å²) in [7, 11) is 3.60. The minimum Gasteiger partial charge on any atom is -0.293 e. The molecule has 9 heteroatoms. The maximum Gasteiger partial charge on any atom is 0.333 e. The van der Waals surface area contributed by atoms with Crippen LogP contribution in [0.2, 0.25) is 0 Å². The zero-order valence-electron chi connectivity index (χ0n) is 21.4. The number of nitriles is 1. The van der Waals surface area contributed by atoms with Crippen molar-refractivity contribution in [3.05, 3.63) is 89.4 Å². The molecule has 9 nitrogen and oxygen atoms in total. The number of fused-ring (bicyclic) bond motifs is 3. The van der Waals surface area contributed by atoms with Crippen molar-refractivity contribution < 1.29 is 0 Å². The minimum absolute atomic E-state index is 0.198. The van der Waals surface area contributed by atoms with Gasteiger partial charge in [0.25, 0.3) is 0 Å². The van der Waals surface area contributed by atoms with E-state index in [2.05, 4.69) is 21.1 Å². The highest BCUT2D eigenvalue weighted by Crippen LogP contribution is 2.29. The van der Waals surface area contributed by atoms with Gasteiger partial charge in [0.15, 0.2) is 0 Å². The quantitative estimate of drug-likeness (QED) is 0.352. The lowest BCUT2D eigenvalue weighted by molar-refractivity contribution is 0.686. The fourth-order valence-electron chi connectivity index (χ4n) is 4.62. The second-order valence-corrected chi connectivity index (χ2v) is 9.85. The van der Waals surface area contributed by atoms with Gasteiger partial charge in [-0.25, -0.2) is 9.78 Å². The van der Waals surface area contributed by atoms with E-state index in [0.717, 1.165) is 28.1 Å². The van der Waals surface area contributed by atoms with E-state index < -0.39 is 5.41 Å². The lowest BCUT2D eigenvalue weighted by Crippen LogP contribution is -2.21. The van der Waals surface area contributed by atoms with Crippen molar-refractivity contribution in [1.82, 2.24) is 33.9 Å². The zero-order chi connectivity index (χ0) is 26.6. The highest BCUT2D eigenvalue weighted by molar-refractivity contribution is 6.01. The molecule has 0 fully saturated rings. The van der Waals surface area contributed by atoms with Gasteiger partial charge in [-0.15, -0.1) is 0 Å². The highest BCUT2D eigenvalue weighted by atomic mass is 16.1. The first kappa shape index (κ1) is 23.3. The van der Waals surface area contributed by atoms with Crippen LogP contribution in [0.4, 0.5) is 0 Å². The van der Waals surface area contributed by atoms with E-state index in [0.29, 0.717) is 27.8 Å². The van der Waals surface area contributed by atoms with Crippen LogP contribution in [0, 0.1) is 11.3 Å². The molecule has 0 aliphatic rings. The maximum absolute atomic E-state index is 13.4. The average molecular weight is 501 g/mol. The van der Waals surface area contributed by atoms with Crippen molar-refractivity contribution in [2.24, 2.45) is 14.1 Å². The van der Waals surface area contributed by atoms with Gasteiger partial charge in [-0.05, 0) is 55.8 Å². The molecule has 0 bridgehead atoms. The molecule has 0 spiro atoms. The summed E-state index contributed by atoms with van der Waals surface area (Å²) >= 11 is 0. The molecular weight excluding hydrogens is 476 g/mol. The van der Waals surface area contributed by atoms with Gasteiger partial charge in [-0.2, -0.15) is 10.4 Å². The third kappa shape index (κ3) is 3.66.